The summed E-state index contributed by atoms with van der Waals surface area (Å²) in [7, 11) is 0. The fourth-order valence-electron chi connectivity index (χ4n) is 2.72. The number of nitrogens with one attached hydrogen (secondary N) is 3. The summed E-state index contributed by atoms with van der Waals surface area (Å²) in [6.45, 7) is 0. The summed E-state index contributed by atoms with van der Waals surface area (Å²) in [5, 5.41) is 10.3. The van der Waals surface area contributed by atoms with Crippen LogP contribution in [0.5, 0.6) is 0 Å². The van der Waals surface area contributed by atoms with Crippen molar-refractivity contribution in [3.8, 4) is 0 Å². The zero-order valence-electron chi connectivity index (χ0n) is 14.7. The van der Waals surface area contributed by atoms with Crippen LogP contribution in [0.1, 0.15) is 0 Å². The number of benzene rings is 3. The van der Waals surface area contributed by atoms with Gasteiger partial charge in [-0.15, -0.1) is 0 Å². The first-order valence-electron chi connectivity index (χ1n) is 8.58. The molecule has 1 heterocycles. The van der Waals surface area contributed by atoms with Crippen LogP contribution >= 0.6 is 11.6 Å². The van der Waals surface area contributed by atoms with Gasteiger partial charge in [0.05, 0.1) is 5.52 Å². The van der Waals surface area contributed by atoms with E-state index in [-0.39, 0.29) is 6.03 Å². The third kappa shape index (κ3) is 4.19. The summed E-state index contributed by atoms with van der Waals surface area (Å²) in [5.74, 6) is 0.665. The predicted octanol–water partition coefficient (Wildman–Crippen LogP) is 5.67. The molecule has 7 heteroatoms. The number of amides is 2. The van der Waals surface area contributed by atoms with Crippen LogP contribution in [0.4, 0.5) is 27.7 Å². The number of carbonyl (C=O) groups is 1. The number of fused-ring (bicyclic) bond motifs is 1. The Morgan fingerprint density at radius 3 is 2.29 bits per heavy atom. The summed E-state index contributed by atoms with van der Waals surface area (Å²) in [6, 6.07) is 21.8. The van der Waals surface area contributed by atoms with Crippen molar-refractivity contribution in [1.82, 2.24) is 9.97 Å². The van der Waals surface area contributed by atoms with E-state index in [0.717, 1.165) is 16.6 Å². The molecule has 0 aliphatic heterocycles. The van der Waals surface area contributed by atoms with Gasteiger partial charge in [0, 0.05) is 27.5 Å². The molecule has 6 nitrogen and oxygen atoms in total. The lowest BCUT2D eigenvalue weighted by molar-refractivity contribution is 0.262. The van der Waals surface area contributed by atoms with Gasteiger partial charge in [-0.3, -0.25) is 0 Å². The molecule has 0 fully saturated rings. The third-order valence-electron chi connectivity index (χ3n) is 4.03. The van der Waals surface area contributed by atoms with E-state index >= 15 is 0 Å². The van der Waals surface area contributed by atoms with Crippen LogP contribution in [0.15, 0.2) is 79.1 Å². The van der Waals surface area contributed by atoms with E-state index in [4.69, 9.17) is 11.6 Å². The topological polar surface area (TPSA) is 78.9 Å². The van der Waals surface area contributed by atoms with Crippen molar-refractivity contribution in [2.24, 2.45) is 0 Å². The number of anilines is 4. The molecule has 4 rings (SSSR count). The number of aromatic nitrogens is 2. The Kier molecular flexibility index (Phi) is 5.03. The van der Waals surface area contributed by atoms with Gasteiger partial charge in [-0.1, -0.05) is 29.8 Å². The molecule has 2 amide bonds. The van der Waals surface area contributed by atoms with E-state index in [1.54, 1.807) is 30.3 Å². The van der Waals surface area contributed by atoms with Gasteiger partial charge in [-0.2, -0.15) is 0 Å². The fraction of sp³-hybridized carbons (Fsp3) is 0. The van der Waals surface area contributed by atoms with Crippen LogP contribution in [0.2, 0.25) is 5.02 Å². The summed E-state index contributed by atoms with van der Waals surface area (Å²) >= 11 is 5.86. The molecule has 0 bridgehead atoms. The molecule has 0 atom stereocenters. The summed E-state index contributed by atoms with van der Waals surface area (Å²) < 4.78 is 0. The minimum atomic E-state index is -0.351. The highest BCUT2D eigenvalue weighted by atomic mass is 35.5. The zero-order valence-corrected chi connectivity index (χ0v) is 15.4. The number of carbonyl (C=O) groups excluding carboxylic acids is 1. The molecule has 138 valence electrons. The van der Waals surface area contributed by atoms with Crippen molar-refractivity contribution in [2.75, 3.05) is 16.0 Å². The number of rotatable bonds is 4. The maximum Gasteiger partial charge on any atom is 0.323 e. The first-order valence-corrected chi connectivity index (χ1v) is 8.95. The maximum atomic E-state index is 12.3. The summed E-state index contributed by atoms with van der Waals surface area (Å²) in [6.07, 6.45) is 1.51. The molecular formula is C21H16ClN5O. The van der Waals surface area contributed by atoms with Crippen LogP contribution in [0.3, 0.4) is 0 Å². The van der Waals surface area contributed by atoms with E-state index in [1.165, 1.54) is 6.33 Å². The highest BCUT2D eigenvalue weighted by Gasteiger charge is 2.08. The van der Waals surface area contributed by atoms with Gasteiger partial charge in [0.25, 0.3) is 0 Å². The van der Waals surface area contributed by atoms with Crippen LogP contribution < -0.4 is 16.0 Å². The number of urea groups is 1. The Balaban J connectivity index is 1.55. The lowest BCUT2D eigenvalue weighted by Gasteiger charge is -2.11. The van der Waals surface area contributed by atoms with Gasteiger partial charge in [0.1, 0.15) is 12.1 Å². The molecule has 28 heavy (non-hydrogen) atoms. The lowest BCUT2D eigenvalue weighted by Crippen LogP contribution is -2.19. The Morgan fingerprint density at radius 2 is 1.50 bits per heavy atom. The minimum Gasteiger partial charge on any atom is -0.340 e. The van der Waals surface area contributed by atoms with E-state index in [9.17, 15) is 4.79 Å². The van der Waals surface area contributed by atoms with Crippen molar-refractivity contribution in [3.05, 3.63) is 84.1 Å². The Hall–Kier alpha value is -3.64. The van der Waals surface area contributed by atoms with Crippen molar-refractivity contribution >= 4 is 51.4 Å². The van der Waals surface area contributed by atoms with Gasteiger partial charge in [-0.25, -0.2) is 14.8 Å². The first-order chi connectivity index (χ1) is 13.7. The zero-order chi connectivity index (χ0) is 19.3. The maximum absolute atomic E-state index is 12.3. The molecule has 0 spiro atoms. The number of para-hydroxylation sites is 1. The Labute approximate surface area is 166 Å². The van der Waals surface area contributed by atoms with Crippen LogP contribution in [-0.4, -0.2) is 16.0 Å². The first kappa shape index (κ1) is 17.8. The summed E-state index contributed by atoms with van der Waals surface area (Å²) in [4.78, 5) is 20.9. The molecule has 3 N–H and O–H groups in total. The SMILES string of the molecule is O=C(Nc1ccc(Cl)cc1)Nc1ccc2ncnc(Nc3ccccc3)c2c1. The van der Waals surface area contributed by atoms with Gasteiger partial charge < -0.3 is 16.0 Å². The molecule has 0 aliphatic carbocycles. The van der Waals surface area contributed by atoms with Crippen molar-refractivity contribution in [3.63, 3.8) is 0 Å². The molecular weight excluding hydrogens is 374 g/mol. The average molecular weight is 390 g/mol. The van der Waals surface area contributed by atoms with Crippen molar-refractivity contribution in [2.45, 2.75) is 0 Å². The smallest absolute Gasteiger partial charge is 0.323 e. The lowest BCUT2D eigenvalue weighted by atomic mass is 10.2. The largest absolute Gasteiger partial charge is 0.340 e. The van der Waals surface area contributed by atoms with E-state index < -0.39 is 0 Å². The summed E-state index contributed by atoms with van der Waals surface area (Å²) in [5.41, 5.74) is 2.97. The van der Waals surface area contributed by atoms with Gasteiger partial charge in [0.2, 0.25) is 0 Å². The Bertz CT molecular complexity index is 1120. The number of hydrogen-bond acceptors (Lipinski definition) is 4. The minimum absolute atomic E-state index is 0.351. The molecule has 0 unspecified atom stereocenters. The monoisotopic (exact) mass is 389 g/mol. The third-order valence-corrected chi connectivity index (χ3v) is 4.28. The second-order valence-corrected chi connectivity index (χ2v) is 6.47. The van der Waals surface area contributed by atoms with E-state index in [2.05, 4.69) is 25.9 Å². The highest BCUT2D eigenvalue weighted by molar-refractivity contribution is 6.30. The van der Waals surface area contributed by atoms with Crippen LogP contribution in [0.25, 0.3) is 10.9 Å². The predicted molar refractivity (Wildman–Crippen MR) is 113 cm³/mol. The molecule has 0 saturated heterocycles. The number of halogens is 1. The number of hydrogen-bond donors (Lipinski definition) is 3. The quantitative estimate of drug-likeness (QED) is 0.420. The average Bonchev–Trinajstić information content (AvgIpc) is 2.71. The number of nitrogens with zero attached hydrogens (tertiary/aromatic N) is 2. The van der Waals surface area contributed by atoms with Gasteiger partial charge in [-0.05, 0) is 54.6 Å². The van der Waals surface area contributed by atoms with E-state index in [0.29, 0.717) is 22.2 Å². The molecule has 1 aromatic heterocycles. The van der Waals surface area contributed by atoms with Crippen LogP contribution in [0, 0.1) is 0 Å². The van der Waals surface area contributed by atoms with Crippen LogP contribution in [-0.2, 0) is 0 Å². The van der Waals surface area contributed by atoms with Crippen molar-refractivity contribution in [1.29, 1.82) is 0 Å². The second-order valence-electron chi connectivity index (χ2n) is 6.03. The normalized spacial score (nSPS) is 10.5. The van der Waals surface area contributed by atoms with E-state index in [1.807, 2.05) is 42.5 Å². The molecule has 4 aromatic rings. The molecule has 0 radical (unpaired) electrons. The molecule has 0 aliphatic rings. The Morgan fingerprint density at radius 1 is 0.786 bits per heavy atom. The highest BCUT2D eigenvalue weighted by Crippen LogP contribution is 2.26. The molecule has 0 saturated carbocycles. The van der Waals surface area contributed by atoms with Crippen molar-refractivity contribution < 1.29 is 4.79 Å². The fourth-order valence-corrected chi connectivity index (χ4v) is 2.84. The van der Waals surface area contributed by atoms with Gasteiger partial charge in [0.15, 0.2) is 0 Å². The van der Waals surface area contributed by atoms with Gasteiger partial charge >= 0.3 is 6.03 Å². The second kappa shape index (κ2) is 7.94. The molecule has 3 aromatic carbocycles. The standard InChI is InChI=1S/C21H16ClN5O/c22-14-6-8-16(9-7-14)26-21(28)27-17-10-11-19-18(12-17)20(24-13-23-19)25-15-4-2-1-3-5-15/h1-13H,(H,23,24,25)(H2,26,27,28).